The van der Waals surface area contributed by atoms with Crippen LogP contribution in [0.5, 0.6) is 0 Å². The van der Waals surface area contributed by atoms with Gasteiger partial charge in [0.25, 0.3) is 0 Å². The number of nitrogens with one attached hydrogen (secondary N) is 2. The summed E-state index contributed by atoms with van der Waals surface area (Å²) in [6.45, 7) is 7.31. The van der Waals surface area contributed by atoms with Gasteiger partial charge in [0.1, 0.15) is 5.82 Å². The van der Waals surface area contributed by atoms with Crippen LogP contribution in [-0.2, 0) is 6.54 Å². The van der Waals surface area contributed by atoms with Crippen molar-refractivity contribution in [2.75, 3.05) is 33.2 Å². The molecule has 0 aromatic heterocycles. The minimum atomic E-state index is -0.207. The highest BCUT2D eigenvalue weighted by atomic mass is 127. The fourth-order valence-corrected chi connectivity index (χ4v) is 2.79. The summed E-state index contributed by atoms with van der Waals surface area (Å²) in [4.78, 5) is 6.74. The Labute approximate surface area is 156 Å². The van der Waals surface area contributed by atoms with Crippen molar-refractivity contribution in [3.63, 3.8) is 0 Å². The van der Waals surface area contributed by atoms with Crippen LogP contribution >= 0.6 is 24.0 Å². The normalized spacial score (nSPS) is 16.7. The van der Waals surface area contributed by atoms with Crippen molar-refractivity contribution in [2.45, 2.75) is 26.3 Å². The molecule has 0 amide bonds. The molecule has 1 aliphatic rings. The van der Waals surface area contributed by atoms with Crippen LogP contribution in [0, 0.1) is 11.7 Å². The average Bonchev–Trinajstić information content (AvgIpc) is 3.00. The molecule has 1 aromatic carbocycles. The van der Waals surface area contributed by atoms with Crippen LogP contribution < -0.4 is 10.6 Å². The van der Waals surface area contributed by atoms with Crippen molar-refractivity contribution < 1.29 is 4.39 Å². The fraction of sp³-hybridized carbons (Fsp3) is 0.588. The maximum atomic E-state index is 13.1. The van der Waals surface area contributed by atoms with Crippen molar-refractivity contribution in [3.05, 3.63) is 35.6 Å². The Bertz CT molecular complexity index is 489. The molecule has 0 radical (unpaired) electrons. The van der Waals surface area contributed by atoms with Crippen molar-refractivity contribution in [2.24, 2.45) is 10.9 Å². The largest absolute Gasteiger partial charge is 0.356 e. The van der Waals surface area contributed by atoms with E-state index in [9.17, 15) is 4.39 Å². The van der Waals surface area contributed by atoms with Crippen molar-refractivity contribution >= 4 is 29.9 Å². The van der Waals surface area contributed by atoms with E-state index in [4.69, 9.17) is 0 Å². The predicted octanol–water partition coefficient (Wildman–Crippen LogP) is 2.84. The number of aliphatic imine (C=N–C) groups is 1. The Kier molecular flexibility index (Phi) is 9.47. The highest BCUT2D eigenvalue weighted by Gasteiger charge is 2.14. The average molecular weight is 434 g/mol. The van der Waals surface area contributed by atoms with E-state index in [-0.39, 0.29) is 29.8 Å². The van der Waals surface area contributed by atoms with Gasteiger partial charge in [0, 0.05) is 26.7 Å². The molecule has 23 heavy (non-hydrogen) atoms. The molecule has 0 spiro atoms. The van der Waals surface area contributed by atoms with Crippen molar-refractivity contribution in [1.29, 1.82) is 0 Å². The zero-order chi connectivity index (χ0) is 15.8. The fourth-order valence-electron chi connectivity index (χ4n) is 2.79. The third-order valence-electron chi connectivity index (χ3n) is 3.96. The molecule has 0 aliphatic carbocycles. The lowest BCUT2D eigenvalue weighted by Crippen LogP contribution is -2.41. The second-order valence-electron chi connectivity index (χ2n) is 6.05. The van der Waals surface area contributed by atoms with Gasteiger partial charge in [-0.05, 0) is 49.5 Å². The maximum absolute atomic E-state index is 13.1. The number of nitrogens with zero attached hydrogens (tertiary/aromatic N) is 2. The lowest BCUT2D eigenvalue weighted by Gasteiger charge is -2.21. The zero-order valence-corrected chi connectivity index (χ0v) is 16.3. The summed E-state index contributed by atoms with van der Waals surface area (Å²) in [5.41, 5.74) is 0.910. The van der Waals surface area contributed by atoms with Gasteiger partial charge in [-0.3, -0.25) is 4.99 Å². The first-order chi connectivity index (χ1) is 10.7. The molecule has 1 atom stereocenters. The van der Waals surface area contributed by atoms with Crippen LogP contribution in [0.2, 0.25) is 0 Å². The van der Waals surface area contributed by atoms with E-state index in [1.807, 2.05) is 6.07 Å². The smallest absolute Gasteiger partial charge is 0.191 e. The molecular formula is C17H28FIN4. The number of rotatable bonds is 6. The minimum absolute atomic E-state index is 0. The molecule has 130 valence electrons. The Morgan fingerprint density at radius 3 is 2.70 bits per heavy atom. The zero-order valence-electron chi connectivity index (χ0n) is 14.0. The number of halogens is 2. The molecule has 0 bridgehead atoms. The lowest BCUT2D eigenvalue weighted by molar-refractivity contribution is 0.287. The van der Waals surface area contributed by atoms with Crippen molar-refractivity contribution in [1.82, 2.24) is 15.5 Å². The number of hydrogen-bond donors (Lipinski definition) is 2. The third kappa shape index (κ3) is 7.48. The van der Waals surface area contributed by atoms with E-state index >= 15 is 0 Å². The molecule has 1 aliphatic heterocycles. The van der Waals surface area contributed by atoms with Gasteiger partial charge in [-0.2, -0.15) is 0 Å². The third-order valence-corrected chi connectivity index (χ3v) is 3.96. The van der Waals surface area contributed by atoms with Gasteiger partial charge in [-0.25, -0.2) is 4.39 Å². The molecular weight excluding hydrogens is 406 g/mol. The summed E-state index contributed by atoms with van der Waals surface area (Å²) in [5, 5.41) is 6.57. The summed E-state index contributed by atoms with van der Waals surface area (Å²) in [6, 6.07) is 6.62. The Morgan fingerprint density at radius 1 is 1.30 bits per heavy atom. The predicted molar refractivity (Wildman–Crippen MR) is 105 cm³/mol. The van der Waals surface area contributed by atoms with Gasteiger partial charge in [0.05, 0.1) is 0 Å². The van der Waals surface area contributed by atoms with Gasteiger partial charge in [0.15, 0.2) is 5.96 Å². The van der Waals surface area contributed by atoms with Crippen LogP contribution in [0.3, 0.4) is 0 Å². The number of hydrogen-bond acceptors (Lipinski definition) is 2. The van der Waals surface area contributed by atoms with Gasteiger partial charge >= 0.3 is 0 Å². The molecule has 2 rings (SSSR count). The van der Waals surface area contributed by atoms with Crippen LogP contribution in [0.25, 0.3) is 0 Å². The summed E-state index contributed by atoms with van der Waals surface area (Å²) < 4.78 is 13.1. The molecule has 1 fully saturated rings. The van der Waals surface area contributed by atoms with Crippen LogP contribution in [0.1, 0.15) is 25.3 Å². The van der Waals surface area contributed by atoms with Crippen LogP contribution in [0.15, 0.2) is 29.3 Å². The van der Waals surface area contributed by atoms with Crippen molar-refractivity contribution in [3.8, 4) is 0 Å². The quantitative estimate of drug-likeness (QED) is 0.411. The number of benzene rings is 1. The second kappa shape index (κ2) is 10.8. The molecule has 6 heteroatoms. The van der Waals surface area contributed by atoms with E-state index < -0.39 is 0 Å². The standard InChI is InChI=1S/C17H27FN4.HI/c1-14(13-22-8-3-4-9-22)11-20-17(19-2)21-12-15-6-5-7-16(18)10-15;/h5-7,10,14H,3-4,8-9,11-13H2,1-2H3,(H2,19,20,21);1H. The molecule has 1 unspecified atom stereocenters. The summed E-state index contributed by atoms with van der Waals surface area (Å²) in [5.74, 6) is 1.13. The number of likely N-dealkylation sites (tertiary alicyclic amines) is 1. The Hall–Kier alpha value is -0.890. The van der Waals surface area contributed by atoms with E-state index in [1.54, 1.807) is 13.1 Å². The monoisotopic (exact) mass is 434 g/mol. The molecule has 2 N–H and O–H groups in total. The van der Waals surface area contributed by atoms with Gasteiger partial charge in [-0.1, -0.05) is 19.1 Å². The molecule has 1 heterocycles. The minimum Gasteiger partial charge on any atom is -0.356 e. The Balaban J connectivity index is 0.00000264. The van der Waals surface area contributed by atoms with Crippen LogP contribution in [0.4, 0.5) is 4.39 Å². The first kappa shape index (κ1) is 20.2. The van der Waals surface area contributed by atoms with E-state index in [2.05, 4.69) is 27.4 Å². The lowest BCUT2D eigenvalue weighted by atomic mass is 10.1. The molecule has 4 nitrogen and oxygen atoms in total. The van der Waals surface area contributed by atoms with Crippen LogP contribution in [-0.4, -0.2) is 44.1 Å². The van der Waals surface area contributed by atoms with Gasteiger partial charge < -0.3 is 15.5 Å². The highest BCUT2D eigenvalue weighted by Crippen LogP contribution is 2.09. The van der Waals surface area contributed by atoms with E-state index in [1.165, 1.54) is 38.1 Å². The summed E-state index contributed by atoms with van der Waals surface area (Å²) in [7, 11) is 1.76. The molecule has 0 saturated carbocycles. The van der Waals surface area contributed by atoms with Gasteiger partial charge in [0.2, 0.25) is 0 Å². The highest BCUT2D eigenvalue weighted by molar-refractivity contribution is 14.0. The topological polar surface area (TPSA) is 39.7 Å². The first-order valence-corrected chi connectivity index (χ1v) is 8.08. The van der Waals surface area contributed by atoms with E-state index in [0.717, 1.165) is 24.6 Å². The SMILES string of the molecule is CN=C(NCc1cccc(F)c1)NCC(C)CN1CCCC1.I. The summed E-state index contributed by atoms with van der Waals surface area (Å²) >= 11 is 0. The molecule has 1 aromatic rings. The number of guanidine groups is 1. The first-order valence-electron chi connectivity index (χ1n) is 8.08. The van der Waals surface area contributed by atoms with Gasteiger partial charge in [-0.15, -0.1) is 24.0 Å². The Morgan fingerprint density at radius 2 is 2.04 bits per heavy atom. The van der Waals surface area contributed by atoms with E-state index in [0.29, 0.717) is 12.5 Å². The second-order valence-corrected chi connectivity index (χ2v) is 6.05. The molecule has 1 saturated heterocycles. The summed E-state index contributed by atoms with van der Waals surface area (Å²) in [6.07, 6.45) is 2.66. The maximum Gasteiger partial charge on any atom is 0.191 e.